The van der Waals surface area contributed by atoms with Gasteiger partial charge in [0.25, 0.3) is 5.91 Å². The fourth-order valence-corrected chi connectivity index (χ4v) is 3.74. The van der Waals surface area contributed by atoms with E-state index in [1.807, 2.05) is 61.5 Å². The first-order valence-corrected chi connectivity index (χ1v) is 11.1. The number of aryl methyl sites for hydroxylation is 1. The number of amides is 1. The molecule has 0 aliphatic heterocycles. The predicted molar refractivity (Wildman–Crippen MR) is 117 cm³/mol. The summed E-state index contributed by atoms with van der Waals surface area (Å²) in [7, 11) is -2.06. The molecule has 0 saturated heterocycles. The fraction of sp³-hybridized carbons (Fsp3) is 0.174. The summed E-state index contributed by atoms with van der Waals surface area (Å²) in [5.74, 6) is -0.340. The van der Waals surface area contributed by atoms with Crippen LogP contribution in [0, 0.1) is 6.92 Å². The van der Waals surface area contributed by atoms with E-state index >= 15 is 0 Å². The van der Waals surface area contributed by atoms with Gasteiger partial charge in [0.2, 0.25) is 10.0 Å². The van der Waals surface area contributed by atoms with Gasteiger partial charge in [-0.1, -0.05) is 66.7 Å². The molecule has 0 aromatic heterocycles. The molecule has 0 fully saturated rings. The normalized spacial score (nSPS) is 12.2. The third-order valence-corrected chi connectivity index (χ3v) is 6.08. The van der Waals surface area contributed by atoms with Crippen molar-refractivity contribution in [2.45, 2.75) is 13.0 Å². The molecule has 0 heterocycles. The lowest BCUT2D eigenvalue weighted by Gasteiger charge is -2.24. The number of benzene rings is 3. The highest BCUT2D eigenvalue weighted by Crippen LogP contribution is 2.27. The molecule has 6 heteroatoms. The van der Waals surface area contributed by atoms with E-state index in [1.54, 1.807) is 24.3 Å². The van der Waals surface area contributed by atoms with Crippen molar-refractivity contribution in [3.63, 3.8) is 0 Å². The lowest BCUT2D eigenvalue weighted by atomic mass is 9.94. The molecule has 1 amide bonds. The Morgan fingerprint density at radius 2 is 1.48 bits per heavy atom. The zero-order valence-corrected chi connectivity index (χ0v) is 17.5. The summed E-state index contributed by atoms with van der Waals surface area (Å²) in [6.07, 6.45) is 1.11. The van der Waals surface area contributed by atoms with Crippen LogP contribution in [0.5, 0.6) is 0 Å². The second-order valence-electron chi connectivity index (χ2n) is 6.92. The van der Waals surface area contributed by atoms with Crippen LogP contribution < -0.4 is 9.62 Å². The number of nitrogens with zero attached hydrogens (tertiary/aromatic N) is 1. The Morgan fingerprint density at radius 3 is 2.14 bits per heavy atom. The third kappa shape index (κ3) is 4.66. The topological polar surface area (TPSA) is 66.5 Å². The van der Waals surface area contributed by atoms with Crippen LogP contribution in [-0.4, -0.2) is 27.6 Å². The molecule has 29 heavy (non-hydrogen) atoms. The molecule has 5 nitrogen and oxygen atoms in total. The minimum absolute atomic E-state index is 0.301. The van der Waals surface area contributed by atoms with Gasteiger partial charge in [-0.25, -0.2) is 8.42 Å². The molecule has 0 aliphatic carbocycles. The van der Waals surface area contributed by atoms with Gasteiger partial charge in [-0.2, -0.15) is 0 Å². The van der Waals surface area contributed by atoms with E-state index < -0.39 is 10.0 Å². The van der Waals surface area contributed by atoms with Gasteiger partial charge in [-0.05, 0) is 35.7 Å². The average molecular weight is 409 g/mol. The van der Waals surface area contributed by atoms with Crippen molar-refractivity contribution >= 4 is 21.6 Å². The van der Waals surface area contributed by atoms with Crippen LogP contribution in [-0.2, 0) is 10.0 Å². The lowest BCUT2D eigenvalue weighted by Crippen LogP contribution is -2.32. The molecule has 3 aromatic carbocycles. The number of nitrogens with one attached hydrogen (secondary N) is 1. The Morgan fingerprint density at radius 1 is 0.897 bits per heavy atom. The van der Waals surface area contributed by atoms with Crippen LogP contribution in [0.4, 0.5) is 5.69 Å². The Hall–Kier alpha value is -3.12. The standard InChI is InChI=1S/C23H24N2O3S/c1-17-11-7-8-14-19(17)22(18-12-5-4-6-13-18)24-23(26)20-15-9-10-16-21(20)25(2)29(3,27)28/h4-16,22H,1-3H3,(H,24,26)/t22-/m1/s1. The van der Waals surface area contributed by atoms with Crippen molar-refractivity contribution in [3.8, 4) is 0 Å². The molecule has 3 aromatic rings. The van der Waals surface area contributed by atoms with Crippen molar-refractivity contribution in [1.82, 2.24) is 5.32 Å². The van der Waals surface area contributed by atoms with Crippen molar-refractivity contribution in [3.05, 3.63) is 101 Å². The zero-order chi connectivity index (χ0) is 21.0. The second kappa shape index (κ2) is 8.49. The molecule has 0 radical (unpaired) electrons. The van der Waals surface area contributed by atoms with Crippen molar-refractivity contribution < 1.29 is 13.2 Å². The molecule has 0 aliphatic rings. The summed E-state index contributed by atoms with van der Waals surface area (Å²) in [6, 6.07) is 23.9. The molecule has 150 valence electrons. The summed E-state index contributed by atoms with van der Waals surface area (Å²) >= 11 is 0. The molecule has 1 atom stereocenters. The largest absolute Gasteiger partial charge is 0.341 e. The van der Waals surface area contributed by atoms with Crippen molar-refractivity contribution in [1.29, 1.82) is 0 Å². The molecular weight excluding hydrogens is 384 g/mol. The lowest BCUT2D eigenvalue weighted by molar-refractivity contribution is 0.0943. The van der Waals surface area contributed by atoms with E-state index in [0.717, 1.165) is 27.3 Å². The second-order valence-corrected chi connectivity index (χ2v) is 8.94. The van der Waals surface area contributed by atoms with Gasteiger partial charge in [0.05, 0.1) is 23.5 Å². The molecule has 0 bridgehead atoms. The number of rotatable bonds is 6. The third-order valence-electron chi connectivity index (χ3n) is 4.89. The van der Waals surface area contributed by atoms with Crippen molar-refractivity contribution in [2.24, 2.45) is 0 Å². The quantitative estimate of drug-likeness (QED) is 0.672. The summed E-state index contributed by atoms with van der Waals surface area (Å²) < 4.78 is 25.1. The number of anilines is 1. The van der Waals surface area contributed by atoms with Gasteiger partial charge in [0, 0.05) is 7.05 Å². The Balaban J connectivity index is 2.02. The van der Waals surface area contributed by atoms with E-state index in [4.69, 9.17) is 0 Å². The smallest absolute Gasteiger partial charge is 0.254 e. The van der Waals surface area contributed by atoms with E-state index in [2.05, 4.69) is 5.32 Å². The highest BCUT2D eigenvalue weighted by atomic mass is 32.2. The first-order chi connectivity index (χ1) is 13.8. The van der Waals surface area contributed by atoms with Crippen LogP contribution in [0.1, 0.15) is 33.1 Å². The summed E-state index contributed by atoms with van der Waals surface area (Å²) in [4.78, 5) is 13.2. The predicted octanol–water partition coefficient (Wildman–Crippen LogP) is 3.91. The van der Waals surface area contributed by atoms with Gasteiger partial charge < -0.3 is 5.32 Å². The van der Waals surface area contributed by atoms with E-state index in [1.165, 1.54) is 7.05 Å². The first kappa shape index (κ1) is 20.6. The van der Waals surface area contributed by atoms with Gasteiger partial charge in [0.1, 0.15) is 0 Å². The summed E-state index contributed by atoms with van der Waals surface area (Å²) in [6.45, 7) is 2.00. The van der Waals surface area contributed by atoms with Crippen LogP contribution in [0.3, 0.4) is 0 Å². The summed E-state index contributed by atoms with van der Waals surface area (Å²) in [5, 5.41) is 3.09. The number of sulfonamides is 1. The van der Waals surface area contributed by atoms with E-state index in [9.17, 15) is 13.2 Å². The minimum Gasteiger partial charge on any atom is -0.341 e. The van der Waals surface area contributed by atoms with Crippen LogP contribution in [0.2, 0.25) is 0 Å². The molecule has 0 unspecified atom stereocenters. The van der Waals surface area contributed by atoms with E-state index in [-0.39, 0.29) is 11.9 Å². The van der Waals surface area contributed by atoms with Gasteiger partial charge in [-0.3, -0.25) is 9.10 Å². The maximum absolute atomic E-state index is 13.2. The first-order valence-electron chi connectivity index (χ1n) is 9.23. The van der Waals surface area contributed by atoms with E-state index in [0.29, 0.717) is 11.3 Å². The Bertz CT molecular complexity index is 1110. The SMILES string of the molecule is Cc1ccccc1[C@H](NC(=O)c1ccccc1N(C)S(C)(=O)=O)c1ccccc1. The summed E-state index contributed by atoms with van der Waals surface area (Å²) in [5.41, 5.74) is 3.63. The minimum atomic E-state index is -3.50. The van der Waals surface area contributed by atoms with Crippen LogP contribution in [0.25, 0.3) is 0 Å². The van der Waals surface area contributed by atoms with Crippen LogP contribution >= 0.6 is 0 Å². The molecule has 0 saturated carbocycles. The monoisotopic (exact) mass is 408 g/mol. The van der Waals surface area contributed by atoms with Crippen molar-refractivity contribution in [2.75, 3.05) is 17.6 Å². The fourth-order valence-electron chi connectivity index (χ4n) is 3.22. The maximum atomic E-state index is 13.2. The van der Waals surface area contributed by atoms with Gasteiger partial charge in [0.15, 0.2) is 0 Å². The molecular formula is C23H24N2O3S. The Labute approximate surface area is 172 Å². The highest BCUT2D eigenvalue weighted by molar-refractivity contribution is 7.92. The Kier molecular flexibility index (Phi) is 6.03. The number of para-hydroxylation sites is 1. The molecule has 3 rings (SSSR count). The highest BCUT2D eigenvalue weighted by Gasteiger charge is 2.23. The number of hydrogen-bond acceptors (Lipinski definition) is 3. The molecule has 1 N–H and O–H groups in total. The number of hydrogen-bond donors (Lipinski definition) is 1. The number of carbonyl (C=O) groups is 1. The van der Waals surface area contributed by atoms with Gasteiger partial charge >= 0.3 is 0 Å². The van der Waals surface area contributed by atoms with Crippen LogP contribution in [0.15, 0.2) is 78.9 Å². The maximum Gasteiger partial charge on any atom is 0.254 e. The molecule has 0 spiro atoms. The average Bonchev–Trinajstić information content (AvgIpc) is 2.72. The van der Waals surface area contributed by atoms with Gasteiger partial charge in [-0.15, -0.1) is 0 Å². The zero-order valence-electron chi connectivity index (χ0n) is 16.7. The number of carbonyl (C=O) groups excluding carboxylic acids is 1.